The van der Waals surface area contributed by atoms with E-state index >= 15 is 0 Å². The Balaban J connectivity index is 1.55. The molecule has 0 spiro atoms. The molecule has 2 aromatic heterocycles. The zero-order chi connectivity index (χ0) is 22.8. The number of fused-ring (bicyclic) bond motifs is 1. The van der Waals surface area contributed by atoms with E-state index in [1.807, 2.05) is 61.3 Å². The van der Waals surface area contributed by atoms with E-state index < -0.39 is 0 Å². The fourth-order valence-corrected chi connectivity index (χ4v) is 4.30. The summed E-state index contributed by atoms with van der Waals surface area (Å²) in [6.07, 6.45) is 1.87. The average molecular weight is 438 g/mol. The van der Waals surface area contributed by atoms with Gasteiger partial charge < -0.3 is 19.0 Å². The molecule has 170 valence electrons. The van der Waals surface area contributed by atoms with Crippen LogP contribution in [-0.4, -0.2) is 60.5 Å². The van der Waals surface area contributed by atoms with E-state index in [9.17, 15) is 4.79 Å². The largest absolute Gasteiger partial charge is 0.493 e. The first-order valence-corrected chi connectivity index (χ1v) is 10.9. The van der Waals surface area contributed by atoms with Crippen LogP contribution in [-0.2, 0) is 17.9 Å². The van der Waals surface area contributed by atoms with Crippen LogP contribution in [0.15, 0.2) is 34.7 Å². The number of benzene rings is 1. The molecule has 3 heterocycles. The quantitative estimate of drug-likeness (QED) is 0.559. The number of ether oxygens (including phenoxy) is 1. The maximum Gasteiger partial charge on any atom is 0.220 e. The lowest BCUT2D eigenvalue weighted by molar-refractivity contribution is -0.129. The van der Waals surface area contributed by atoms with Crippen molar-refractivity contribution in [2.45, 2.75) is 38.9 Å². The molecule has 1 fully saturated rings. The fraction of sp³-hybridized carbons (Fsp3) is 0.458. The molecular formula is C24H31N5O3. The number of amides is 1. The van der Waals surface area contributed by atoms with Gasteiger partial charge in [-0.25, -0.2) is 9.97 Å². The summed E-state index contributed by atoms with van der Waals surface area (Å²) in [7, 11) is 7.63. The summed E-state index contributed by atoms with van der Waals surface area (Å²) in [5.41, 5.74) is 1.69. The van der Waals surface area contributed by atoms with Gasteiger partial charge in [-0.3, -0.25) is 9.69 Å². The minimum absolute atomic E-state index is 0.0562. The molecule has 8 nitrogen and oxygen atoms in total. The Labute approximate surface area is 188 Å². The molecule has 0 saturated carbocycles. The highest BCUT2D eigenvalue weighted by Crippen LogP contribution is 2.31. The van der Waals surface area contributed by atoms with Gasteiger partial charge in [0.2, 0.25) is 5.91 Å². The number of hydrogen-bond donors (Lipinski definition) is 0. The number of methoxy groups -OCH3 is 1. The van der Waals surface area contributed by atoms with E-state index in [0.717, 1.165) is 59.2 Å². The van der Waals surface area contributed by atoms with Crippen LogP contribution in [0.25, 0.3) is 11.0 Å². The zero-order valence-electron chi connectivity index (χ0n) is 19.5. The van der Waals surface area contributed by atoms with Crippen LogP contribution >= 0.6 is 0 Å². The predicted molar refractivity (Wildman–Crippen MR) is 124 cm³/mol. The molecule has 8 heteroatoms. The molecule has 4 rings (SSSR count). The van der Waals surface area contributed by atoms with Crippen molar-refractivity contribution in [1.82, 2.24) is 19.8 Å². The Bertz CT molecular complexity index is 1110. The lowest BCUT2D eigenvalue weighted by atomic mass is 10.2. The number of aromatic nitrogens is 2. The third kappa shape index (κ3) is 4.55. The van der Waals surface area contributed by atoms with E-state index in [2.05, 4.69) is 4.90 Å². The van der Waals surface area contributed by atoms with Gasteiger partial charge in [0.1, 0.15) is 11.6 Å². The van der Waals surface area contributed by atoms with E-state index in [1.165, 1.54) is 0 Å². The molecule has 3 aromatic rings. The first-order valence-electron chi connectivity index (χ1n) is 10.9. The van der Waals surface area contributed by atoms with Gasteiger partial charge in [-0.05, 0) is 32.0 Å². The van der Waals surface area contributed by atoms with Crippen LogP contribution in [0.2, 0.25) is 0 Å². The van der Waals surface area contributed by atoms with Crippen LogP contribution in [0.5, 0.6) is 5.75 Å². The molecule has 0 bridgehead atoms. The Morgan fingerprint density at radius 3 is 2.75 bits per heavy atom. The molecule has 0 aliphatic carbocycles. The Morgan fingerprint density at radius 1 is 1.22 bits per heavy atom. The van der Waals surface area contributed by atoms with E-state index in [0.29, 0.717) is 13.1 Å². The Hall–Kier alpha value is -3.13. The van der Waals surface area contributed by atoms with Crippen molar-refractivity contribution in [3.8, 4) is 5.75 Å². The van der Waals surface area contributed by atoms with Crippen molar-refractivity contribution in [3.05, 3.63) is 47.6 Å². The Kier molecular flexibility index (Phi) is 6.32. The van der Waals surface area contributed by atoms with Crippen LogP contribution in [0.1, 0.15) is 43.1 Å². The summed E-state index contributed by atoms with van der Waals surface area (Å²) >= 11 is 0. The van der Waals surface area contributed by atoms with Crippen molar-refractivity contribution in [3.63, 3.8) is 0 Å². The van der Waals surface area contributed by atoms with E-state index in [1.54, 1.807) is 14.0 Å². The molecule has 1 atom stereocenters. The highest BCUT2D eigenvalue weighted by molar-refractivity contribution is 5.83. The number of rotatable bonds is 7. The summed E-state index contributed by atoms with van der Waals surface area (Å²) in [6.45, 7) is 3.65. The summed E-state index contributed by atoms with van der Waals surface area (Å²) in [5, 5.41) is 1.03. The van der Waals surface area contributed by atoms with Crippen LogP contribution < -0.4 is 9.64 Å². The standard InChI is InChI=1S/C24H31N5O3/c1-16(30)29-11-7-9-20(29)24-25-18(13-22(26-24)27(2)3)14-28(4)15-19-12-17-8-6-10-21(31-5)23(17)32-19/h6,8,10,12-13,20H,7,9,11,14-15H2,1-5H3. The molecule has 1 unspecified atom stereocenters. The molecule has 0 N–H and O–H groups in total. The molecule has 1 aromatic carbocycles. The first kappa shape index (κ1) is 22.1. The second-order valence-corrected chi connectivity index (χ2v) is 8.60. The number of para-hydroxylation sites is 1. The van der Waals surface area contributed by atoms with Crippen molar-refractivity contribution in [2.24, 2.45) is 0 Å². The van der Waals surface area contributed by atoms with E-state index in [-0.39, 0.29) is 11.9 Å². The number of hydrogen-bond acceptors (Lipinski definition) is 7. The smallest absolute Gasteiger partial charge is 0.220 e. The van der Waals surface area contributed by atoms with Gasteiger partial charge in [0.05, 0.1) is 25.4 Å². The summed E-state index contributed by atoms with van der Waals surface area (Å²) < 4.78 is 11.5. The number of carbonyl (C=O) groups is 1. The van der Waals surface area contributed by atoms with Gasteiger partial charge in [-0.2, -0.15) is 0 Å². The van der Waals surface area contributed by atoms with Crippen LogP contribution in [0.3, 0.4) is 0 Å². The van der Waals surface area contributed by atoms with Gasteiger partial charge >= 0.3 is 0 Å². The SMILES string of the molecule is COc1cccc2cc(CN(C)Cc3cc(N(C)C)nc(C4CCCN4C(C)=O)n3)oc12. The molecule has 1 amide bonds. The number of likely N-dealkylation sites (tertiary alicyclic amines) is 1. The molecule has 1 aliphatic heterocycles. The molecular weight excluding hydrogens is 406 g/mol. The minimum Gasteiger partial charge on any atom is -0.493 e. The summed E-state index contributed by atoms with van der Waals surface area (Å²) in [4.78, 5) is 27.7. The number of nitrogens with zero attached hydrogens (tertiary/aromatic N) is 5. The number of carbonyl (C=O) groups excluding carboxylic acids is 1. The van der Waals surface area contributed by atoms with Crippen molar-refractivity contribution in [1.29, 1.82) is 0 Å². The Morgan fingerprint density at radius 2 is 2.03 bits per heavy atom. The maximum absolute atomic E-state index is 12.1. The lowest BCUT2D eigenvalue weighted by Gasteiger charge is -2.24. The van der Waals surface area contributed by atoms with Gasteiger partial charge in [0.25, 0.3) is 0 Å². The van der Waals surface area contributed by atoms with Crippen molar-refractivity contribution < 1.29 is 13.9 Å². The van der Waals surface area contributed by atoms with E-state index in [4.69, 9.17) is 19.1 Å². The minimum atomic E-state index is -0.0562. The highest BCUT2D eigenvalue weighted by atomic mass is 16.5. The second-order valence-electron chi connectivity index (χ2n) is 8.60. The second kappa shape index (κ2) is 9.16. The normalized spacial score (nSPS) is 16.2. The molecule has 32 heavy (non-hydrogen) atoms. The third-order valence-corrected chi connectivity index (χ3v) is 5.83. The van der Waals surface area contributed by atoms with Crippen molar-refractivity contribution in [2.75, 3.05) is 39.7 Å². The first-order chi connectivity index (χ1) is 15.4. The van der Waals surface area contributed by atoms with Gasteiger partial charge in [-0.15, -0.1) is 0 Å². The van der Waals surface area contributed by atoms with Crippen LogP contribution in [0, 0.1) is 0 Å². The van der Waals surface area contributed by atoms with Gasteiger partial charge in [-0.1, -0.05) is 12.1 Å². The predicted octanol–water partition coefficient (Wildman–Crippen LogP) is 3.61. The average Bonchev–Trinajstić information content (AvgIpc) is 3.40. The van der Waals surface area contributed by atoms with Gasteiger partial charge in [0, 0.05) is 45.6 Å². The molecule has 1 saturated heterocycles. The highest BCUT2D eigenvalue weighted by Gasteiger charge is 2.30. The monoisotopic (exact) mass is 437 g/mol. The lowest BCUT2D eigenvalue weighted by Crippen LogP contribution is -2.30. The molecule has 1 aliphatic rings. The van der Waals surface area contributed by atoms with Gasteiger partial charge in [0.15, 0.2) is 17.2 Å². The number of furan rings is 1. The summed E-state index contributed by atoms with van der Waals surface area (Å²) in [5.74, 6) is 3.25. The topological polar surface area (TPSA) is 74.9 Å². The number of anilines is 1. The third-order valence-electron chi connectivity index (χ3n) is 5.83. The maximum atomic E-state index is 12.1. The van der Waals surface area contributed by atoms with Crippen LogP contribution in [0.4, 0.5) is 5.82 Å². The zero-order valence-corrected chi connectivity index (χ0v) is 19.5. The molecule has 0 radical (unpaired) electrons. The summed E-state index contributed by atoms with van der Waals surface area (Å²) in [6, 6.07) is 9.89. The van der Waals surface area contributed by atoms with Crippen molar-refractivity contribution >= 4 is 22.7 Å². The fourth-order valence-electron chi connectivity index (χ4n) is 4.30.